The van der Waals surface area contributed by atoms with Gasteiger partial charge in [0.2, 0.25) is 5.96 Å². The van der Waals surface area contributed by atoms with E-state index >= 15 is 0 Å². The van der Waals surface area contributed by atoms with Gasteiger partial charge in [0.1, 0.15) is 11.6 Å². The van der Waals surface area contributed by atoms with Crippen LogP contribution in [0.25, 0.3) is 0 Å². The van der Waals surface area contributed by atoms with E-state index in [2.05, 4.69) is 82.3 Å². The number of imidazole rings is 1. The molecule has 4 aromatic rings. The zero-order valence-electron chi connectivity index (χ0n) is 20.7. The molecule has 0 radical (unpaired) electrons. The number of carbonyl (C=O) groups is 1. The van der Waals surface area contributed by atoms with E-state index in [1.165, 1.54) is 16.7 Å². The van der Waals surface area contributed by atoms with Crippen molar-refractivity contribution in [3.63, 3.8) is 0 Å². The van der Waals surface area contributed by atoms with Crippen LogP contribution in [-0.4, -0.2) is 44.9 Å². The van der Waals surface area contributed by atoms with Crippen LogP contribution in [0.4, 0.5) is 5.82 Å². The first-order valence-electron chi connectivity index (χ1n) is 13.1. The highest BCUT2D eigenvalue weighted by molar-refractivity contribution is 6.18. The predicted molar refractivity (Wildman–Crippen MR) is 145 cm³/mol. The van der Waals surface area contributed by atoms with E-state index in [-0.39, 0.29) is 18.0 Å². The molecule has 0 N–H and O–H groups in total. The Hall–Kier alpha value is -4.19. The van der Waals surface area contributed by atoms with Crippen molar-refractivity contribution in [1.82, 2.24) is 14.5 Å². The first-order valence-corrected chi connectivity index (χ1v) is 13.1. The molecule has 3 aromatic carbocycles. The molecule has 1 saturated carbocycles. The van der Waals surface area contributed by atoms with Gasteiger partial charge in [0.25, 0.3) is 5.91 Å². The maximum atomic E-state index is 13.9. The number of anilines is 1. The highest BCUT2D eigenvalue weighted by Crippen LogP contribution is 2.39. The summed E-state index contributed by atoms with van der Waals surface area (Å²) in [5.41, 5.74) is 4.20. The van der Waals surface area contributed by atoms with Gasteiger partial charge in [-0.05, 0) is 36.0 Å². The molecule has 3 heterocycles. The SMILES string of the molecule is O=C1c2nc(Cc3ccccc3)n(Cc3ccccc3)c2N2C[C@@H](Cc3ccccc3)N=C2N1C1CC1. The molecule has 0 bridgehead atoms. The van der Waals surface area contributed by atoms with Gasteiger partial charge in [-0.3, -0.25) is 14.6 Å². The second kappa shape index (κ2) is 9.04. The molecule has 1 amide bonds. The summed E-state index contributed by atoms with van der Waals surface area (Å²) in [5, 5.41) is 0. The Bertz CT molecular complexity index is 1460. The van der Waals surface area contributed by atoms with Crippen molar-refractivity contribution >= 4 is 17.7 Å². The standard InChI is InChI=1S/C31H29N5O/c37-30-28-29(34(20-24-14-8-3-9-15-24)27(33-28)19-23-12-6-2-7-13-23)35-21-25(18-22-10-4-1-5-11-22)32-31(35)36(30)26-16-17-26/h1-15,25-26H,16-21H2/t25-/m1/s1. The minimum Gasteiger partial charge on any atom is -0.309 e. The van der Waals surface area contributed by atoms with Gasteiger partial charge in [0, 0.05) is 12.5 Å². The number of carbonyl (C=O) groups excluding carboxylic acids is 1. The molecule has 1 aromatic heterocycles. The third-order valence-corrected chi connectivity index (χ3v) is 7.46. The van der Waals surface area contributed by atoms with Crippen LogP contribution in [0, 0.1) is 0 Å². The Balaban J connectivity index is 1.32. The highest BCUT2D eigenvalue weighted by atomic mass is 16.2. The molecule has 3 aliphatic rings. The van der Waals surface area contributed by atoms with E-state index in [0.717, 1.165) is 43.4 Å². The number of hydrogen-bond acceptors (Lipinski definition) is 4. The van der Waals surface area contributed by atoms with Crippen LogP contribution in [0.15, 0.2) is 96.0 Å². The molecular formula is C31H29N5O. The molecule has 1 fully saturated rings. The lowest BCUT2D eigenvalue weighted by Crippen LogP contribution is -2.51. The van der Waals surface area contributed by atoms with Crippen LogP contribution in [0.5, 0.6) is 0 Å². The average Bonchev–Trinajstić information content (AvgIpc) is 3.59. The van der Waals surface area contributed by atoms with Gasteiger partial charge >= 0.3 is 0 Å². The van der Waals surface area contributed by atoms with Crippen LogP contribution < -0.4 is 4.90 Å². The minimum absolute atomic E-state index is 0.00557. The smallest absolute Gasteiger partial charge is 0.283 e. The van der Waals surface area contributed by atoms with Crippen molar-refractivity contribution in [3.8, 4) is 0 Å². The Labute approximate surface area is 216 Å². The van der Waals surface area contributed by atoms with Crippen molar-refractivity contribution in [2.24, 2.45) is 4.99 Å². The lowest BCUT2D eigenvalue weighted by Gasteiger charge is -2.34. The van der Waals surface area contributed by atoms with Crippen molar-refractivity contribution in [2.75, 3.05) is 11.4 Å². The van der Waals surface area contributed by atoms with Gasteiger partial charge in [-0.1, -0.05) is 91.0 Å². The van der Waals surface area contributed by atoms with Gasteiger partial charge in [0.15, 0.2) is 5.69 Å². The van der Waals surface area contributed by atoms with Gasteiger partial charge in [-0.15, -0.1) is 0 Å². The molecule has 37 heavy (non-hydrogen) atoms. The summed E-state index contributed by atoms with van der Waals surface area (Å²) < 4.78 is 2.25. The van der Waals surface area contributed by atoms with E-state index < -0.39 is 0 Å². The Morgan fingerprint density at radius 1 is 0.784 bits per heavy atom. The fourth-order valence-electron chi connectivity index (χ4n) is 5.55. The van der Waals surface area contributed by atoms with Crippen molar-refractivity contribution < 1.29 is 4.79 Å². The predicted octanol–water partition coefficient (Wildman–Crippen LogP) is 4.93. The summed E-state index contributed by atoms with van der Waals surface area (Å²) >= 11 is 0. The largest absolute Gasteiger partial charge is 0.309 e. The average molecular weight is 488 g/mol. The molecule has 1 atom stereocenters. The quantitative estimate of drug-likeness (QED) is 0.372. The van der Waals surface area contributed by atoms with Crippen molar-refractivity contribution in [1.29, 1.82) is 0 Å². The molecule has 6 nitrogen and oxygen atoms in total. The first kappa shape index (κ1) is 22.0. The number of amides is 1. The van der Waals surface area contributed by atoms with Crippen LogP contribution >= 0.6 is 0 Å². The molecule has 0 unspecified atom stereocenters. The van der Waals surface area contributed by atoms with Crippen LogP contribution in [0.2, 0.25) is 0 Å². The first-order chi connectivity index (χ1) is 18.2. The Kier molecular flexibility index (Phi) is 5.38. The third kappa shape index (κ3) is 4.12. The normalized spacial score (nSPS) is 18.5. The van der Waals surface area contributed by atoms with Crippen molar-refractivity contribution in [3.05, 3.63) is 119 Å². The molecular weight excluding hydrogens is 458 g/mol. The minimum atomic E-state index is -0.00557. The Morgan fingerprint density at radius 2 is 1.41 bits per heavy atom. The summed E-state index contributed by atoms with van der Waals surface area (Å²) in [4.78, 5) is 28.3. The molecule has 6 heteroatoms. The van der Waals surface area contributed by atoms with E-state index in [4.69, 9.17) is 9.98 Å². The fraction of sp³-hybridized carbons (Fsp3) is 0.258. The summed E-state index contributed by atoms with van der Waals surface area (Å²) in [5.74, 6) is 2.61. The monoisotopic (exact) mass is 487 g/mol. The van der Waals surface area contributed by atoms with Gasteiger partial charge in [0.05, 0.1) is 19.1 Å². The zero-order chi connectivity index (χ0) is 24.8. The lowest BCUT2D eigenvalue weighted by atomic mass is 10.1. The summed E-state index contributed by atoms with van der Waals surface area (Å²) in [6.45, 7) is 1.41. The maximum absolute atomic E-state index is 13.9. The van der Waals surface area contributed by atoms with Crippen LogP contribution in [-0.2, 0) is 19.4 Å². The Morgan fingerprint density at radius 3 is 2.05 bits per heavy atom. The van der Waals surface area contributed by atoms with Gasteiger partial charge in [-0.2, -0.15) is 0 Å². The van der Waals surface area contributed by atoms with Gasteiger partial charge in [-0.25, -0.2) is 9.98 Å². The third-order valence-electron chi connectivity index (χ3n) is 7.46. The van der Waals surface area contributed by atoms with E-state index in [9.17, 15) is 4.79 Å². The van der Waals surface area contributed by atoms with E-state index in [0.29, 0.717) is 18.7 Å². The molecule has 2 aliphatic heterocycles. The highest BCUT2D eigenvalue weighted by Gasteiger charge is 2.48. The van der Waals surface area contributed by atoms with E-state index in [1.54, 1.807) is 0 Å². The number of nitrogens with zero attached hydrogens (tertiary/aromatic N) is 5. The topological polar surface area (TPSA) is 53.7 Å². The number of guanidine groups is 1. The lowest BCUT2D eigenvalue weighted by molar-refractivity contribution is 0.0828. The number of hydrogen-bond donors (Lipinski definition) is 0. The zero-order valence-corrected chi connectivity index (χ0v) is 20.7. The number of aromatic nitrogens is 2. The number of fused-ring (bicyclic) bond motifs is 3. The van der Waals surface area contributed by atoms with Crippen LogP contribution in [0.3, 0.4) is 0 Å². The summed E-state index contributed by atoms with van der Waals surface area (Å²) in [6, 6.07) is 31.7. The number of rotatable bonds is 7. The van der Waals surface area contributed by atoms with Crippen molar-refractivity contribution in [2.45, 2.75) is 44.3 Å². The van der Waals surface area contributed by atoms with E-state index in [1.807, 2.05) is 23.1 Å². The summed E-state index contributed by atoms with van der Waals surface area (Å²) in [6.07, 6.45) is 3.58. The van der Waals surface area contributed by atoms with Gasteiger partial charge < -0.3 is 4.57 Å². The maximum Gasteiger partial charge on any atom is 0.283 e. The second-order valence-electron chi connectivity index (χ2n) is 10.2. The molecule has 0 spiro atoms. The molecule has 1 aliphatic carbocycles. The fourth-order valence-corrected chi connectivity index (χ4v) is 5.55. The summed E-state index contributed by atoms with van der Waals surface area (Å²) in [7, 11) is 0. The molecule has 7 rings (SSSR count). The number of aliphatic imine (C=N–C) groups is 1. The number of benzene rings is 3. The second-order valence-corrected chi connectivity index (χ2v) is 10.2. The van der Waals surface area contributed by atoms with Crippen LogP contribution in [0.1, 0.15) is 45.8 Å². The molecule has 184 valence electrons. The molecule has 0 saturated heterocycles.